The second-order valence-electron chi connectivity index (χ2n) is 5.37. The van der Waals surface area contributed by atoms with E-state index in [0.29, 0.717) is 36.3 Å². The number of fused-ring (bicyclic) bond motifs is 1. The van der Waals surface area contributed by atoms with Crippen molar-refractivity contribution in [2.24, 2.45) is 0 Å². The summed E-state index contributed by atoms with van der Waals surface area (Å²) in [5.41, 5.74) is 6.91. The van der Waals surface area contributed by atoms with Crippen LogP contribution in [0.3, 0.4) is 0 Å². The molecular weight excluding hydrogens is 256 g/mol. The summed E-state index contributed by atoms with van der Waals surface area (Å²) in [5.74, 6) is 0.499. The molecule has 1 amide bonds. The van der Waals surface area contributed by atoms with Crippen molar-refractivity contribution < 1.29 is 9.53 Å². The molecule has 2 N–H and O–H groups in total. The maximum absolute atomic E-state index is 12.6. The Bertz CT molecular complexity index is 526. The predicted molar refractivity (Wildman–Crippen MR) is 74.4 cm³/mol. The average Bonchev–Trinajstić information content (AvgIpc) is 2.77. The molecule has 0 radical (unpaired) electrons. The molecule has 0 atom stereocenters. The minimum absolute atomic E-state index is 0.00431. The smallest absolute Gasteiger partial charge is 0.261 e. The number of nitrogens with two attached hydrogens (primary N) is 1. The summed E-state index contributed by atoms with van der Waals surface area (Å²) >= 11 is 0. The number of nitrogen functional groups attached to an aromatic ring is 1. The molecule has 2 aliphatic rings. The van der Waals surface area contributed by atoms with Crippen LogP contribution in [-0.2, 0) is 6.54 Å². The van der Waals surface area contributed by atoms with Gasteiger partial charge >= 0.3 is 0 Å². The van der Waals surface area contributed by atoms with Gasteiger partial charge in [0.25, 0.3) is 5.91 Å². The Balaban J connectivity index is 1.91. The van der Waals surface area contributed by atoms with Gasteiger partial charge in [-0.2, -0.15) is 4.98 Å². The molecule has 1 aromatic heterocycles. The number of hydrogen-bond donors (Lipinski definition) is 1. The maximum Gasteiger partial charge on any atom is 0.261 e. The van der Waals surface area contributed by atoms with E-state index < -0.39 is 0 Å². The number of carbonyl (C=O) groups excluding carboxylic acids is 1. The summed E-state index contributed by atoms with van der Waals surface area (Å²) in [6.45, 7) is 2.86. The van der Waals surface area contributed by atoms with E-state index in [9.17, 15) is 4.79 Å². The van der Waals surface area contributed by atoms with Crippen LogP contribution in [0.25, 0.3) is 0 Å². The number of anilines is 1. The SMILES string of the molecule is CCOc1nc(N)nc2c1C(=O)N(C1CCCCC1)C2. The van der Waals surface area contributed by atoms with Crippen molar-refractivity contribution in [2.75, 3.05) is 12.3 Å². The highest BCUT2D eigenvalue weighted by molar-refractivity contribution is 6.00. The number of rotatable bonds is 3. The van der Waals surface area contributed by atoms with Crippen LogP contribution in [0.2, 0.25) is 0 Å². The first-order valence-electron chi connectivity index (χ1n) is 7.31. The Labute approximate surface area is 118 Å². The molecule has 0 bridgehead atoms. The van der Waals surface area contributed by atoms with Gasteiger partial charge in [-0.15, -0.1) is 0 Å². The van der Waals surface area contributed by atoms with Crippen molar-refractivity contribution in [3.63, 3.8) is 0 Å². The monoisotopic (exact) mass is 276 g/mol. The van der Waals surface area contributed by atoms with E-state index in [0.717, 1.165) is 12.8 Å². The molecule has 0 aromatic carbocycles. The van der Waals surface area contributed by atoms with Crippen LogP contribution < -0.4 is 10.5 Å². The van der Waals surface area contributed by atoms with Crippen LogP contribution in [0.4, 0.5) is 5.95 Å². The highest BCUT2D eigenvalue weighted by atomic mass is 16.5. The Hall–Kier alpha value is -1.85. The molecule has 108 valence electrons. The largest absolute Gasteiger partial charge is 0.477 e. The summed E-state index contributed by atoms with van der Waals surface area (Å²) in [7, 11) is 0. The van der Waals surface area contributed by atoms with Gasteiger partial charge in [0, 0.05) is 6.04 Å². The lowest BCUT2D eigenvalue weighted by atomic mass is 9.94. The molecule has 0 saturated heterocycles. The van der Waals surface area contributed by atoms with Crippen LogP contribution in [-0.4, -0.2) is 33.4 Å². The number of amides is 1. The molecule has 1 saturated carbocycles. The third-order valence-electron chi connectivity index (χ3n) is 4.06. The van der Waals surface area contributed by atoms with Crippen LogP contribution >= 0.6 is 0 Å². The van der Waals surface area contributed by atoms with Crippen molar-refractivity contribution in [1.82, 2.24) is 14.9 Å². The topological polar surface area (TPSA) is 81.3 Å². The number of aromatic nitrogens is 2. The fourth-order valence-corrected chi connectivity index (χ4v) is 3.14. The van der Waals surface area contributed by atoms with Crippen molar-refractivity contribution in [2.45, 2.75) is 51.6 Å². The van der Waals surface area contributed by atoms with E-state index in [2.05, 4.69) is 9.97 Å². The zero-order valence-electron chi connectivity index (χ0n) is 11.8. The summed E-state index contributed by atoms with van der Waals surface area (Å²) in [4.78, 5) is 22.8. The Morgan fingerprint density at radius 1 is 1.30 bits per heavy atom. The van der Waals surface area contributed by atoms with Crippen LogP contribution in [0.5, 0.6) is 5.88 Å². The minimum atomic E-state index is -0.00431. The highest BCUT2D eigenvalue weighted by Crippen LogP contribution is 2.34. The summed E-state index contributed by atoms with van der Waals surface area (Å²) in [6, 6.07) is 0.321. The van der Waals surface area contributed by atoms with Gasteiger partial charge in [-0.1, -0.05) is 19.3 Å². The molecule has 2 heterocycles. The molecule has 3 rings (SSSR count). The molecule has 1 aliphatic heterocycles. The van der Waals surface area contributed by atoms with E-state index in [1.165, 1.54) is 19.3 Å². The number of ether oxygens (including phenoxy) is 1. The van der Waals surface area contributed by atoms with Gasteiger partial charge < -0.3 is 15.4 Å². The first kappa shape index (κ1) is 13.1. The summed E-state index contributed by atoms with van der Waals surface area (Å²) in [6.07, 6.45) is 5.80. The van der Waals surface area contributed by atoms with E-state index in [1.54, 1.807) is 0 Å². The van der Waals surface area contributed by atoms with Gasteiger partial charge in [-0.25, -0.2) is 4.98 Å². The zero-order chi connectivity index (χ0) is 14.1. The minimum Gasteiger partial charge on any atom is -0.477 e. The third kappa shape index (κ3) is 2.19. The quantitative estimate of drug-likeness (QED) is 0.909. The van der Waals surface area contributed by atoms with Crippen molar-refractivity contribution in [1.29, 1.82) is 0 Å². The van der Waals surface area contributed by atoms with E-state index in [-0.39, 0.29) is 11.9 Å². The molecule has 1 aromatic rings. The van der Waals surface area contributed by atoms with Crippen LogP contribution in [0.1, 0.15) is 55.1 Å². The molecule has 6 nitrogen and oxygen atoms in total. The normalized spacial score (nSPS) is 19.2. The van der Waals surface area contributed by atoms with Gasteiger partial charge in [0.05, 0.1) is 18.8 Å². The number of nitrogens with zero attached hydrogens (tertiary/aromatic N) is 3. The van der Waals surface area contributed by atoms with Crippen molar-refractivity contribution in [3.8, 4) is 5.88 Å². The fourth-order valence-electron chi connectivity index (χ4n) is 3.14. The maximum atomic E-state index is 12.6. The third-order valence-corrected chi connectivity index (χ3v) is 4.06. The molecule has 0 spiro atoms. The standard InChI is InChI=1S/C14H20N4O2/c1-2-20-12-11-10(16-14(15)17-12)8-18(13(11)19)9-6-4-3-5-7-9/h9H,2-8H2,1H3,(H2,15,16,17). The number of carbonyl (C=O) groups is 1. The van der Waals surface area contributed by atoms with E-state index in [1.807, 2.05) is 11.8 Å². The first-order chi connectivity index (χ1) is 9.70. The second kappa shape index (κ2) is 5.26. The lowest BCUT2D eigenvalue weighted by Gasteiger charge is -2.30. The molecule has 6 heteroatoms. The van der Waals surface area contributed by atoms with Crippen LogP contribution in [0.15, 0.2) is 0 Å². The van der Waals surface area contributed by atoms with E-state index in [4.69, 9.17) is 10.5 Å². The van der Waals surface area contributed by atoms with Crippen LogP contribution in [0, 0.1) is 0 Å². The van der Waals surface area contributed by atoms with Gasteiger partial charge in [0.2, 0.25) is 11.8 Å². The Morgan fingerprint density at radius 2 is 2.05 bits per heavy atom. The predicted octanol–water partition coefficient (Wildman–Crippen LogP) is 1.75. The van der Waals surface area contributed by atoms with Gasteiger partial charge in [0.15, 0.2) is 0 Å². The van der Waals surface area contributed by atoms with Gasteiger partial charge in [-0.3, -0.25) is 4.79 Å². The lowest BCUT2D eigenvalue weighted by Crippen LogP contribution is -2.36. The van der Waals surface area contributed by atoms with E-state index >= 15 is 0 Å². The molecule has 1 aliphatic carbocycles. The zero-order valence-corrected chi connectivity index (χ0v) is 11.8. The summed E-state index contributed by atoms with van der Waals surface area (Å²) < 4.78 is 5.46. The average molecular weight is 276 g/mol. The van der Waals surface area contributed by atoms with Gasteiger partial charge in [0.1, 0.15) is 5.56 Å². The molecule has 20 heavy (non-hydrogen) atoms. The first-order valence-corrected chi connectivity index (χ1v) is 7.31. The van der Waals surface area contributed by atoms with Crippen molar-refractivity contribution in [3.05, 3.63) is 11.3 Å². The Kier molecular flexibility index (Phi) is 3.46. The number of hydrogen-bond acceptors (Lipinski definition) is 5. The molecule has 0 unspecified atom stereocenters. The highest BCUT2D eigenvalue weighted by Gasteiger charge is 2.37. The summed E-state index contributed by atoms with van der Waals surface area (Å²) in [5, 5.41) is 0. The lowest BCUT2D eigenvalue weighted by molar-refractivity contribution is 0.0656. The molecular formula is C14H20N4O2. The fraction of sp³-hybridized carbons (Fsp3) is 0.643. The van der Waals surface area contributed by atoms with Gasteiger partial charge in [-0.05, 0) is 19.8 Å². The second-order valence-corrected chi connectivity index (χ2v) is 5.37. The Morgan fingerprint density at radius 3 is 2.75 bits per heavy atom. The van der Waals surface area contributed by atoms with Crippen molar-refractivity contribution >= 4 is 11.9 Å². The molecule has 1 fully saturated rings.